The van der Waals surface area contributed by atoms with E-state index in [1.165, 1.54) is 0 Å². The Bertz CT molecular complexity index is 738. The van der Waals surface area contributed by atoms with Gasteiger partial charge in [0, 0.05) is 29.1 Å². The fraction of sp³-hybridized carbons (Fsp3) is 0.0625. The largest absolute Gasteiger partial charge is 0.384 e. The van der Waals surface area contributed by atoms with Crippen molar-refractivity contribution in [3.8, 4) is 22.6 Å². The maximum absolute atomic E-state index is 5.91. The lowest BCUT2D eigenvalue weighted by Gasteiger charge is -2.06. The predicted molar refractivity (Wildman–Crippen MR) is 79.8 cm³/mol. The molecule has 0 radical (unpaired) electrons. The number of nitrogens with zero attached hydrogens (tertiary/aromatic N) is 3. The van der Waals surface area contributed by atoms with Crippen LogP contribution in [0.15, 0.2) is 54.7 Å². The Morgan fingerprint density at radius 3 is 2.45 bits per heavy atom. The lowest BCUT2D eigenvalue weighted by molar-refractivity contribution is 1.17. The molecule has 0 aliphatic rings. The zero-order valence-electron chi connectivity index (χ0n) is 11.1. The maximum atomic E-state index is 5.91. The second kappa shape index (κ2) is 5.09. The van der Waals surface area contributed by atoms with E-state index in [9.17, 15) is 0 Å². The summed E-state index contributed by atoms with van der Waals surface area (Å²) < 4.78 is 0. The highest BCUT2D eigenvalue weighted by atomic mass is 14.9. The molecular weight excluding hydrogens is 248 g/mol. The molecule has 0 atom stereocenters. The summed E-state index contributed by atoms with van der Waals surface area (Å²) in [7, 11) is 0. The normalized spacial score (nSPS) is 10.4. The van der Waals surface area contributed by atoms with Crippen LogP contribution >= 0.6 is 0 Å². The molecule has 2 N–H and O–H groups in total. The van der Waals surface area contributed by atoms with Gasteiger partial charge in [0.25, 0.3) is 0 Å². The van der Waals surface area contributed by atoms with Gasteiger partial charge in [-0.25, -0.2) is 9.97 Å². The molecule has 3 rings (SSSR count). The number of aryl methyl sites for hydroxylation is 1. The molecule has 0 aliphatic heterocycles. The first-order valence-electron chi connectivity index (χ1n) is 6.35. The molecule has 4 nitrogen and oxygen atoms in total. The first kappa shape index (κ1) is 12.3. The molecule has 0 amide bonds. The van der Waals surface area contributed by atoms with Crippen LogP contribution in [0.5, 0.6) is 0 Å². The summed E-state index contributed by atoms with van der Waals surface area (Å²) in [6.45, 7) is 1.95. The quantitative estimate of drug-likeness (QED) is 0.770. The van der Waals surface area contributed by atoms with E-state index in [2.05, 4.69) is 15.0 Å². The van der Waals surface area contributed by atoms with Gasteiger partial charge in [0.15, 0.2) is 5.82 Å². The van der Waals surface area contributed by atoms with E-state index in [1.807, 2.05) is 49.4 Å². The number of benzene rings is 1. The number of rotatable bonds is 2. The van der Waals surface area contributed by atoms with Gasteiger partial charge in [0.2, 0.25) is 0 Å². The highest BCUT2D eigenvalue weighted by Gasteiger charge is 2.07. The van der Waals surface area contributed by atoms with Crippen LogP contribution in [0.3, 0.4) is 0 Å². The van der Waals surface area contributed by atoms with Crippen LogP contribution in [-0.4, -0.2) is 15.0 Å². The Kier molecular flexibility index (Phi) is 3.13. The van der Waals surface area contributed by atoms with Crippen molar-refractivity contribution in [1.29, 1.82) is 0 Å². The average molecular weight is 262 g/mol. The van der Waals surface area contributed by atoms with Gasteiger partial charge in [-0.1, -0.05) is 30.3 Å². The van der Waals surface area contributed by atoms with Crippen LogP contribution in [0, 0.1) is 6.92 Å². The minimum Gasteiger partial charge on any atom is -0.384 e. The smallest absolute Gasteiger partial charge is 0.162 e. The predicted octanol–water partition coefficient (Wildman–Crippen LogP) is 3.10. The Hall–Kier alpha value is -2.75. The zero-order chi connectivity index (χ0) is 13.9. The van der Waals surface area contributed by atoms with E-state index in [0.717, 1.165) is 22.5 Å². The van der Waals surface area contributed by atoms with Crippen molar-refractivity contribution in [3.63, 3.8) is 0 Å². The number of anilines is 1. The van der Waals surface area contributed by atoms with E-state index >= 15 is 0 Å². The molecule has 0 bridgehead atoms. The SMILES string of the molecule is Cc1cc(-c2cc(N)nc(-c3ccccc3)n2)ccn1. The fourth-order valence-electron chi connectivity index (χ4n) is 2.04. The highest BCUT2D eigenvalue weighted by molar-refractivity contribution is 5.66. The molecule has 0 unspecified atom stereocenters. The summed E-state index contributed by atoms with van der Waals surface area (Å²) in [4.78, 5) is 13.1. The Morgan fingerprint density at radius 1 is 0.900 bits per heavy atom. The van der Waals surface area contributed by atoms with Crippen molar-refractivity contribution in [2.45, 2.75) is 6.92 Å². The first-order chi connectivity index (χ1) is 9.72. The molecule has 4 heteroatoms. The summed E-state index contributed by atoms with van der Waals surface area (Å²) in [5, 5.41) is 0. The molecule has 20 heavy (non-hydrogen) atoms. The van der Waals surface area contributed by atoms with Crippen LogP contribution in [0.1, 0.15) is 5.69 Å². The third kappa shape index (κ3) is 2.49. The van der Waals surface area contributed by atoms with Crippen LogP contribution in [0.2, 0.25) is 0 Å². The molecule has 0 fully saturated rings. The molecule has 1 aromatic carbocycles. The molecule has 98 valence electrons. The summed E-state index contributed by atoms with van der Waals surface area (Å²) in [5.41, 5.74) is 9.60. The topological polar surface area (TPSA) is 64.7 Å². The van der Waals surface area contributed by atoms with Gasteiger partial charge in [-0.05, 0) is 19.1 Å². The summed E-state index contributed by atoms with van der Waals surface area (Å²) in [6.07, 6.45) is 1.77. The minimum atomic E-state index is 0.461. The maximum Gasteiger partial charge on any atom is 0.162 e. The summed E-state index contributed by atoms with van der Waals surface area (Å²) in [5.74, 6) is 1.10. The van der Waals surface area contributed by atoms with Crippen molar-refractivity contribution in [2.24, 2.45) is 0 Å². The van der Waals surface area contributed by atoms with Crippen molar-refractivity contribution >= 4 is 5.82 Å². The Balaban J connectivity index is 2.12. The molecule has 0 saturated carbocycles. The number of hydrogen-bond acceptors (Lipinski definition) is 4. The molecular formula is C16H14N4. The second-order valence-corrected chi connectivity index (χ2v) is 4.55. The van der Waals surface area contributed by atoms with Crippen molar-refractivity contribution in [1.82, 2.24) is 15.0 Å². The standard InChI is InChI=1S/C16H14N4/c1-11-9-13(7-8-18-11)14-10-15(17)20-16(19-14)12-5-3-2-4-6-12/h2-10H,1H3,(H2,17,19,20). The van der Waals surface area contributed by atoms with Gasteiger partial charge < -0.3 is 5.73 Å². The number of hydrogen-bond donors (Lipinski definition) is 1. The lowest BCUT2D eigenvalue weighted by atomic mass is 10.1. The Labute approximate surface area is 117 Å². The van der Waals surface area contributed by atoms with Gasteiger partial charge in [-0.15, -0.1) is 0 Å². The van der Waals surface area contributed by atoms with Crippen molar-refractivity contribution in [2.75, 3.05) is 5.73 Å². The second-order valence-electron chi connectivity index (χ2n) is 4.55. The van der Waals surface area contributed by atoms with E-state index in [-0.39, 0.29) is 0 Å². The highest BCUT2D eigenvalue weighted by Crippen LogP contribution is 2.23. The monoisotopic (exact) mass is 262 g/mol. The summed E-state index contributed by atoms with van der Waals surface area (Å²) >= 11 is 0. The number of nitrogens with two attached hydrogens (primary N) is 1. The van der Waals surface area contributed by atoms with Gasteiger partial charge in [0.05, 0.1) is 5.69 Å². The van der Waals surface area contributed by atoms with Crippen LogP contribution in [0.25, 0.3) is 22.6 Å². The molecule has 3 aromatic rings. The van der Waals surface area contributed by atoms with Gasteiger partial charge in [-0.2, -0.15) is 0 Å². The van der Waals surface area contributed by atoms with Crippen molar-refractivity contribution < 1.29 is 0 Å². The third-order valence-electron chi connectivity index (χ3n) is 2.97. The lowest BCUT2D eigenvalue weighted by Crippen LogP contribution is -1.98. The number of pyridine rings is 1. The van der Waals surface area contributed by atoms with Crippen LogP contribution < -0.4 is 5.73 Å². The number of aromatic nitrogens is 3. The van der Waals surface area contributed by atoms with E-state index in [4.69, 9.17) is 5.73 Å². The molecule has 0 aliphatic carbocycles. The first-order valence-corrected chi connectivity index (χ1v) is 6.35. The van der Waals surface area contributed by atoms with Crippen LogP contribution in [-0.2, 0) is 0 Å². The van der Waals surface area contributed by atoms with Gasteiger partial charge in [-0.3, -0.25) is 4.98 Å². The van der Waals surface area contributed by atoms with Gasteiger partial charge in [0.1, 0.15) is 5.82 Å². The van der Waals surface area contributed by atoms with Crippen molar-refractivity contribution in [3.05, 3.63) is 60.4 Å². The van der Waals surface area contributed by atoms with Gasteiger partial charge >= 0.3 is 0 Å². The molecule has 2 aromatic heterocycles. The van der Waals surface area contributed by atoms with E-state index in [1.54, 1.807) is 12.3 Å². The molecule has 2 heterocycles. The molecule has 0 saturated heterocycles. The molecule has 0 spiro atoms. The summed E-state index contributed by atoms with van der Waals surface area (Å²) in [6, 6.07) is 15.5. The minimum absolute atomic E-state index is 0.461. The number of nitrogen functional groups attached to an aromatic ring is 1. The zero-order valence-corrected chi connectivity index (χ0v) is 11.1. The van der Waals surface area contributed by atoms with E-state index in [0.29, 0.717) is 11.6 Å². The fourth-order valence-corrected chi connectivity index (χ4v) is 2.04. The van der Waals surface area contributed by atoms with Crippen LogP contribution in [0.4, 0.5) is 5.82 Å². The Morgan fingerprint density at radius 2 is 1.70 bits per heavy atom. The third-order valence-corrected chi connectivity index (χ3v) is 2.97. The average Bonchev–Trinajstić information content (AvgIpc) is 2.47. The van der Waals surface area contributed by atoms with E-state index < -0.39 is 0 Å².